The van der Waals surface area contributed by atoms with E-state index in [1.54, 1.807) is 18.3 Å². The number of pyridine rings is 1. The number of aryl methyl sites for hydroxylation is 1. The number of benzene rings is 2. The molecular formula is C30H34N6O. The number of amides is 1. The van der Waals surface area contributed by atoms with Gasteiger partial charge in [0, 0.05) is 38.8 Å². The van der Waals surface area contributed by atoms with Crippen LogP contribution in [0.1, 0.15) is 53.2 Å². The summed E-state index contributed by atoms with van der Waals surface area (Å²) < 4.78 is 2.20. The molecule has 7 nitrogen and oxygen atoms in total. The van der Waals surface area contributed by atoms with Gasteiger partial charge in [0.25, 0.3) is 5.91 Å². The van der Waals surface area contributed by atoms with Crippen molar-refractivity contribution in [3.8, 4) is 11.1 Å². The lowest BCUT2D eigenvalue weighted by atomic mass is 9.99. The second kappa shape index (κ2) is 11.0. The largest absolute Gasteiger partial charge is 0.340 e. The Morgan fingerprint density at radius 2 is 1.81 bits per heavy atom. The Bertz CT molecular complexity index is 1360. The smallest absolute Gasteiger partial charge is 0.270 e. The predicted molar refractivity (Wildman–Crippen MR) is 145 cm³/mol. The zero-order valence-corrected chi connectivity index (χ0v) is 21.8. The summed E-state index contributed by atoms with van der Waals surface area (Å²) in [5.74, 6) is 1.76. The van der Waals surface area contributed by atoms with Crippen LogP contribution >= 0.6 is 0 Å². The SMILES string of the molecule is Cc1ccccc1-c1cccc(CN2CCc3nnc(C(NC(=O)c4ccccn4)C(C)C)n3CC2)c1. The second-order valence-electron chi connectivity index (χ2n) is 10.1. The molecule has 2 aromatic heterocycles. The Kier molecular flexibility index (Phi) is 7.42. The van der Waals surface area contributed by atoms with E-state index in [9.17, 15) is 4.79 Å². The molecule has 0 spiro atoms. The standard InChI is InChI=1S/C30H34N6O/c1-21(2)28(32-30(37)26-13-6-7-15-31-26)29-34-33-27-14-16-35(17-18-36(27)29)20-23-10-8-11-24(19-23)25-12-5-4-9-22(25)3/h4-13,15,19,21,28H,14,16-18,20H2,1-3H3,(H,32,37). The van der Waals surface area contributed by atoms with E-state index in [-0.39, 0.29) is 17.9 Å². The molecule has 1 amide bonds. The van der Waals surface area contributed by atoms with Gasteiger partial charge in [0.1, 0.15) is 11.5 Å². The molecular weight excluding hydrogens is 460 g/mol. The van der Waals surface area contributed by atoms with Gasteiger partial charge < -0.3 is 9.88 Å². The first-order valence-corrected chi connectivity index (χ1v) is 13.0. The van der Waals surface area contributed by atoms with Crippen molar-refractivity contribution in [1.82, 2.24) is 30.0 Å². The molecule has 2 aromatic carbocycles. The van der Waals surface area contributed by atoms with Gasteiger partial charge in [0.15, 0.2) is 5.82 Å². The molecule has 1 atom stereocenters. The number of fused-ring (bicyclic) bond motifs is 1. The van der Waals surface area contributed by atoms with Crippen LogP contribution in [-0.2, 0) is 19.5 Å². The van der Waals surface area contributed by atoms with Crippen molar-refractivity contribution in [2.24, 2.45) is 5.92 Å². The lowest BCUT2D eigenvalue weighted by Crippen LogP contribution is -2.34. The third-order valence-corrected chi connectivity index (χ3v) is 7.07. The van der Waals surface area contributed by atoms with Gasteiger partial charge in [-0.2, -0.15) is 0 Å². The maximum atomic E-state index is 12.9. The number of hydrogen-bond acceptors (Lipinski definition) is 5. The highest BCUT2D eigenvalue weighted by atomic mass is 16.2. The molecule has 190 valence electrons. The molecule has 37 heavy (non-hydrogen) atoms. The van der Waals surface area contributed by atoms with Crippen LogP contribution in [0.25, 0.3) is 11.1 Å². The quantitative estimate of drug-likeness (QED) is 0.398. The lowest BCUT2D eigenvalue weighted by Gasteiger charge is -2.23. The van der Waals surface area contributed by atoms with Gasteiger partial charge in [-0.25, -0.2) is 0 Å². The number of hydrogen-bond donors (Lipinski definition) is 1. The van der Waals surface area contributed by atoms with Crippen LogP contribution in [0, 0.1) is 12.8 Å². The number of nitrogens with zero attached hydrogens (tertiary/aromatic N) is 5. The molecule has 1 N–H and O–H groups in total. The molecule has 5 rings (SSSR count). The number of carbonyl (C=O) groups excluding carboxylic acids is 1. The molecule has 0 fully saturated rings. The molecule has 0 radical (unpaired) electrons. The van der Waals surface area contributed by atoms with Crippen LogP contribution < -0.4 is 5.32 Å². The summed E-state index contributed by atoms with van der Waals surface area (Å²) in [5.41, 5.74) is 5.54. The van der Waals surface area contributed by atoms with Gasteiger partial charge in [-0.3, -0.25) is 14.7 Å². The third kappa shape index (κ3) is 5.62. The highest BCUT2D eigenvalue weighted by molar-refractivity contribution is 5.92. The van der Waals surface area contributed by atoms with Crippen molar-refractivity contribution < 1.29 is 4.79 Å². The Morgan fingerprint density at radius 1 is 0.973 bits per heavy atom. The predicted octanol–water partition coefficient (Wildman–Crippen LogP) is 4.83. The zero-order chi connectivity index (χ0) is 25.8. The van der Waals surface area contributed by atoms with Crippen LogP contribution in [0.15, 0.2) is 72.9 Å². The van der Waals surface area contributed by atoms with Gasteiger partial charge in [-0.05, 0) is 53.3 Å². The Balaban J connectivity index is 1.29. The van der Waals surface area contributed by atoms with E-state index in [0.717, 1.165) is 44.2 Å². The molecule has 0 saturated heterocycles. The van der Waals surface area contributed by atoms with Crippen LogP contribution in [0.4, 0.5) is 0 Å². The summed E-state index contributed by atoms with van der Waals surface area (Å²) in [6.45, 7) is 9.83. The van der Waals surface area contributed by atoms with Crippen molar-refractivity contribution in [3.63, 3.8) is 0 Å². The molecule has 4 aromatic rings. The average molecular weight is 495 g/mol. The molecule has 1 aliphatic heterocycles. The maximum Gasteiger partial charge on any atom is 0.270 e. The molecule has 1 unspecified atom stereocenters. The number of nitrogens with one attached hydrogen (secondary N) is 1. The van der Waals surface area contributed by atoms with Gasteiger partial charge in [0.2, 0.25) is 0 Å². The molecule has 0 saturated carbocycles. The van der Waals surface area contributed by atoms with Gasteiger partial charge in [-0.1, -0.05) is 62.4 Å². The summed E-state index contributed by atoms with van der Waals surface area (Å²) in [7, 11) is 0. The summed E-state index contributed by atoms with van der Waals surface area (Å²) in [6, 6.07) is 22.5. The first-order valence-electron chi connectivity index (χ1n) is 13.0. The van der Waals surface area contributed by atoms with E-state index >= 15 is 0 Å². The second-order valence-corrected chi connectivity index (χ2v) is 10.1. The molecule has 1 aliphatic rings. The lowest BCUT2D eigenvalue weighted by molar-refractivity contribution is 0.0916. The van der Waals surface area contributed by atoms with E-state index in [1.807, 2.05) is 6.07 Å². The summed E-state index contributed by atoms with van der Waals surface area (Å²) >= 11 is 0. The minimum absolute atomic E-state index is 0.157. The van der Waals surface area contributed by atoms with Crippen molar-refractivity contribution in [2.45, 2.75) is 46.3 Å². The van der Waals surface area contributed by atoms with Crippen molar-refractivity contribution >= 4 is 5.91 Å². The minimum Gasteiger partial charge on any atom is -0.340 e. The van der Waals surface area contributed by atoms with E-state index in [4.69, 9.17) is 0 Å². The Labute approximate surface area is 218 Å². The Hall–Kier alpha value is -3.84. The minimum atomic E-state index is -0.243. The maximum absolute atomic E-state index is 12.9. The monoisotopic (exact) mass is 494 g/mol. The summed E-state index contributed by atoms with van der Waals surface area (Å²) in [6.07, 6.45) is 2.46. The highest BCUT2D eigenvalue weighted by Crippen LogP contribution is 2.26. The van der Waals surface area contributed by atoms with Crippen molar-refractivity contribution in [1.29, 1.82) is 0 Å². The van der Waals surface area contributed by atoms with Crippen molar-refractivity contribution in [3.05, 3.63) is 101 Å². The van der Waals surface area contributed by atoms with E-state index < -0.39 is 0 Å². The third-order valence-electron chi connectivity index (χ3n) is 7.07. The van der Waals surface area contributed by atoms with E-state index in [0.29, 0.717) is 5.69 Å². The summed E-state index contributed by atoms with van der Waals surface area (Å²) in [4.78, 5) is 19.5. The molecule has 0 bridgehead atoms. The van der Waals surface area contributed by atoms with Crippen LogP contribution in [0.2, 0.25) is 0 Å². The fourth-order valence-corrected chi connectivity index (χ4v) is 5.01. The first kappa shape index (κ1) is 24.8. The zero-order valence-electron chi connectivity index (χ0n) is 21.8. The molecule has 3 heterocycles. The van der Waals surface area contributed by atoms with Crippen LogP contribution in [0.3, 0.4) is 0 Å². The first-order chi connectivity index (χ1) is 18.0. The van der Waals surface area contributed by atoms with E-state index in [2.05, 4.69) is 99.3 Å². The van der Waals surface area contributed by atoms with Crippen LogP contribution in [0.5, 0.6) is 0 Å². The fraction of sp³-hybridized carbons (Fsp3) is 0.333. The van der Waals surface area contributed by atoms with E-state index in [1.165, 1.54) is 22.3 Å². The van der Waals surface area contributed by atoms with Gasteiger partial charge in [0.05, 0.1) is 6.04 Å². The van der Waals surface area contributed by atoms with Gasteiger partial charge in [-0.15, -0.1) is 10.2 Å². The number of carbonyl (C=O) groups is 1. The van der Waals surface area contributed by atoms with Crippen LogP contribution in [-0.4, -0.2) is 43.6 Å². The topological polar surface area (TPSA) is 75.9 Å². The fourth-order valence-electron chi connectivity index (χ4n) is 5.01. The van der Waals surface area contributed by atoms with Crippen molar-refractivity contribution in [2.75, 3.05) is 13.1 Å². The summed E-state index contributed by atoms with van der Waals surface area (Å²) in [5, 5.41) is 12.2. The normalized spacial score (nSPS) is 14.7. The highest BCUT2D eigenvalue weighted by Gasteiger charge is 2.28. The number of aromatic nitrogens is 4. The molecule has 7 heteroatoms. The Morgan fingerprint density at radius 3 is 2.59 bits per heavy atom. The molecule has 0 aliphatic carbocycles. The van der Waals surface area contributed by atoms with Gasteiger partial charge >= 0.3 is 0 Å². The average Bonchev–Trinajstić information content (AvgIpc) is 3.21. The number of rotatable bonds is 7.